The summed E-state index contributed by atoms with van der Waals surface area (Å²) in [5.41, 5.74) is -0.360. The first kappa shape index (κ1) is 13.3. The van der Waals surface area contributed by atoms with E-state index >= 15 is 0 Å². The van der Waals surface area contributed by atoms with Crippen LogP contribution in [0.25, 0.3) is 0 Å². The number of halogens is 1. The van der Waals surface area contributed by atoms with Crippen molar-refractivity contribution >= 4 is 23.2 Å². The molecular weight excluding hydrogens is 284 g/mol. The van der Waals surface area contributed by atoms with Crippen LogP contribution >= 0.6 is 11.6 Å². The number of hydrogen-bond acceptors (Lipinski definition) is 4. The normalized spacial score (nSPS) is 27.6. The minimum absolute atomic E-state index is 0.00901. The molecule has 3 unspecified atom stereocenters. The number of rotatable bonds is 3. The molecule has 0 spiro atoms. The number of carbonyl (C=O) groups is 1. The minimum Gasteiger partial charge on any atom is -0.373 e. The SMILES string of the molecule is O=C(NC1CC2CCC1O2)c1cccc(Cl)c1[N+](=O)[O-]. The molecule has 1 aromatic carbocycles. The van der Waals surface area contributed by atoms with Crippen molar-refractivity contribution in [2.24, 2.45) is 0 Å². The average Bonchev–Trinajstić information content (AvgIpc) is 3.00. The number of fused-ring (bicyclic) bond motifs is 2. The van der Waals surface area contributed by atoms with Crippen LogP contribution in [-0.2, 0) is 4.74 Å². The van der Waals surface area contributed by atoms with E-state index in [9.17, 15) is 14.9 Å². The summed E-state index contributed by atoms with van der Waals surface area (Å²) in [6.45, 7) is 0. The van der Waals surface area contributed by atoms with E-state index in [1.165, 1.54) is 18.2 Å². The maximum atomic E-state index is 12.2. The van der Waals surface area contributed by atoms with Crippen LogP contribution in [0.1, 0.15) is 29.6 Å². The van der Waals surface area contributed by atoms with E-state index in [4.69, 9.17) is 16.3 Å². The highest BCUT2D eigenvalue weighted by molar-refractivity contribution is 6.33. The third kappa shape index (κ3) is 2.25. The number of benzene rings is 1. The molecule has 2 bridgehead atoms. The smallest absolute Gasteiger partial charge is 0.300 e. The van der Waals surface area contributed by atoms with Crippen LogP contribution in [0.5, 0.6) is 0 Å². The maximum absolute atomic E-state index is 12.2. The summed E-state index contributed by atoms with van der Waals surface area (Å²) in [7, 11) is 0. The molecule has 7 heteroatoms. The fourth-order valence-corrected chi connectivity index (χ4v) is 3.16. The predicted octanol–water partition coefficient (Wildman–Crippen LogP) is 2.30. The Kier molecular flexibility index (Phi) is 3.35. The molecule has 2 heterocycles. The second-order valence-electron chi connectivity index (χ2n) is 5.08. The summed E-state index contributed by atoms with van der Waals surface area (Å²) in [4.78, 5) is 22.6. The standard InChI is InChI=1S/C13H13ClN2O4/c14-9-3-1-2-8(12(9)16(18)19)13(17)15-10-6-7-4-5-11(10)20-7/h1-3,7,10-11H,4-6H2,(H,15,17). The van der Waals surface area contributed by atoms with E-state index in [1.807, 2.05) is 0 Å². The van der Waals surface area contributed by atoms with Crippen LogP contribution in [0.2, 0.25) is 5.02 Å². The minimum atomic E-state index is -0.630. The monoisotopic (exact) mass is 296 g/mol. The van der Waals surface area contributed by atoms with Gasteiger partial charge in [-0.2, -0.15) is 0 Å². The van der Waals surface area contributed by atoms with Crippen molar-refractivity contribution in [3.05, 3.63) is 38.9 Å². The number of nitrogens with one attached hydrogen (secondary N) is 1. The molecule has 2 aliphatic heterocycles. The summed E-state index contributed by atoms with van der Waals surface area (Å²) in [6, 6.07) is 4.27. The second kappa shape index (κ2) is 5.03. The molecule has 20 heavy (non-hydrogen) atoms. The zero-order valence-corrected chi connectivity index (χ0v) is 11.3. The molecule has 0 radical (unpaired) electrons. The molecule has 1 N–H and O–H groups in total. The third-order valence-corrected chi connectivity index (χ3v) is 4.14. The van der Waals surface area contributed by atoms with Gasteiger partial charge in [-0.25, -0.2) is 0 Å². The van der Waals surface area contributed by atoms with Crippen LogP contribution in [0.15, 0.2) is 18.2 Å². The maximum Gasteiger partial charge on any atom is 0.300 e. The quantitative estimate of drug-likeness (QED) is 0.685. The van der Waals surface area contributed by atoms with Crippen LogP contribution in [0, 0.1) is 10.1 Å². The van der Waals surface area contributed by atoms with Gasteiger partial charge in [0.25, 0.3) is 5.91 Å². The van der Waals surface area contributed by atoms with E-state index < -0.39 is 10.8 Å². The fourth-order valence-electron chi connectivity index (χ4n) is 2.92. The molecular formula is C13H13ClN2O4. The lowest BCUT2D eigenvalue weighted by molar-refractivity contribution is -0.385. The van der Waals surface area contributed by atoms with Gasteiger partial charge in [0.1, 0.15) is 10.6 Å². The highest BCUT2D eigenvalue weighted by atomic mass is 35.5. The Morgan fingerprint density at radius 2 is 2.25 bits per heavy atom. The lowest BCUT2D eigenvalue weighted by Crippen LogP contribution is -2.41. The van der Waals surface area contributed by atoms with Crippen LogP contribution < -0.4 is 5.32 Å². The molecule has 1 aromatic rings. The van der Waals surface area contributed by atoms with E-state index in [0.717, 1.165) is 19.3 Å². The van der Waals surface area contributed by atoms with Crippen molar-refractivity contribution in [2.45, 2.75) is 37.5 Å². The van der Waals surface area contributed by atoms with Crippen LogP contribution in [0.4, 0.5) is 5.69 Å². The van der Waals surface area contributed by atoms with Gasteiger partial charge >= 0.3 is 5.69 Å². The molecule has 1 amide bonds. The van der Waals surface area contributed by atoms with Crippen LogP contribution in [-0.4, -0.2) is 29.1 Å². The van der Waals surface area contributed by atoms with Crippen molar-refractivity contribution in [3.8, 4) is 0 Å². The highest BCUT2D eigenvalue weighted by Crippen LogP contribution is 2.35. The molecule has 106 valence electrons. The summed E-state index contributed by atoms with van der Waals surface area (Å²) in [5.74, 6) is -0.472. The van der Waals surface area contributed by atoms with Gasteiger partial charge in [0.05, 0.1) is 23.2 Å². The topological polar surface area (TPSA) is 81.5 Å². The Morgan fingerprint density at radius 3 is 2.85 bits per heavy atom. The summed E-state index contributed by atoms with van der Waals surface area (Å²) < 4.78 is 5.65. The largest absolute Gasteiger partial charge is 0.373 e. The van der Waals surface area contributed by atoms with Gasteiger partial charge in [0, 0.05) is 0 Å². The van der Waals surface area contributed by atoms with E-state index in [1.54, 1.807) is 0 Å². The lowest BCUT2D eigenvalue weighted by Gasteiger charge is -2.20. The summed E-state index contributed by atoms with van der Waals surface area (Å²) >= 11 is 5.80. The Balaban J connectivity index is 1.81. The number of nitro groups is 1. The Labute approximate surface area is 120 Å². The van der Waals surface area contributed by atoms with Crippen molar-refractivity contribution in [1.29, 1.82) is 0 Å². The van der Waals surface area contributed by atoms with Gasteiger partial charge in [-0.15, -0.1) is 0 Å². The second-order valence-corrected chi connectivity index (χ2v) is 5.49. The number of nitrogens with zero attached hydrogens (tertiary/aromatic N) is 1. The van der Waals surface area contributed by atoms with Gasteiger partial charge in [0.2, 0.25) is 0 Å². The van der Waals surface area contributed by atoms with E-state index in [0.29, 0.717) is 0 Å². The molecule has 0 aromatic heterocycles. The lowest BCUT2D eigenvalue weighted by atomic mass is 9.95. The molecule has 2 aliphatic rings. The van der Waals surface area contributed by atoms with Gasteiger partial charge in [-0.3, -0.25) is 14.9 Å². The first-order valence-electron chi connectivity index (χ1n) is 6.45. The molecule has 2 fully saturated rings. The van der Waals surface area contributed by atoms with Crippen molar-refractivity contribution in [3.63, 3.8) is 0 Å². The number of nitro benzene ring substituents is 1. The predicted molar refractivity (Wildman–Crippen MR) is 71.9 cm³/mol. The van der Waals surface area contributed by atoms with E-state index in [2.05, 4.69) is 5.32 Å². The molecule has 6 nitrogen and oxygen atoms in total. The molecule has 3 atom stereocenters. The number of para-hydroxylation sites is 1. The zero-order valence-electron chi connectivity index (χ0n) is 10.5. The number of carbonyl (C=O) groups excluding carboxylic acids is 1. The third-order valence-electron chi connectivity index (χ3n) is 3.84. The Morgan fingerprint density at radius 1 is 1.45 bits per heavy atom. The first-order chi connectivity index (χ1) is 9.56. The van der Waals surface area contributed by atoms with Crippen molar-refractivity contribution in [1.82, 2.24) is 5.32 Å². The molecule has 0 aliphatic carbocycles. The molecule has 2 saturated heterocycles. The van der Waals surface area contributed by atoms with Gasteiger partial charge in [-0.05, 0) is 31.4 Å². The fraction of sp³-hybridized carbons (Fsp3) is 0.462. The number of ether oxygens (including phenoxy) is 1. The summed E-state index contributed by atoms with van der Waals surface area (Å²) in [6.07, 6.45) is 2.95. The Hall–Kier alpha value is -1.66. The molecule has 3 rings (SSSR count). The van der Waals surface area contributed by atoms with Crippen molar-refractivity contribution < 1.29 is 14.5 Å². The van der Waals surface area contributed by atoms with Crippen molar-refractivity contribution in [2.75, 3.05) is 0 Å². The van der Waals surface area contributed by atoms with Crippen LogP contribution in [0.3, 0.4) is 0 Å². The van der Waals surface area contributed by atoms with Gasteiger partial charge in [-0.1, -0.05) is 17.7 Å². The summed E-state index contributed by atoms with van der Waals surface area (Å²) in [5, 5.41) is 13.8. The number of amides is 1. The Bertz CT molecular complexity index is 577. The molecule has 0 saturated carbocycles. The number of hydrogen-bond donors (Lipinski definition) is 1. The first-order valence-corrected chi connectivity index (χ1v) is 6.83. The van der Waals surface area contributed by atoms with E-state index in [-0.39, 0.29) is 34.5 Å². The highest BCUT2D eigenvalue weighted by Gasteiger charge is 2.42. The van der Waals surface area contributed by atoms with Gasteiger partial charge < -0.3 is 10.1 Å². The average molecular weight is 297 g/mol. The van der Waals surface area contributed by atoms with Gasteiger partial charge in [0.15, 0.2) is 0 Å². The zero-order chi connectivity index (χ0) is 14.3.